The molecule has 4 nitrogen and oxygen atoms in total. The molecule has 1 rings (SSSR count). The molecule has 0 aromatic carbocycles. The first-order valence-corrected chi connectivity index (χ1v) is 6.68. The number of carbonyl (C=O) groups excluding carboxylic acids is 1. The SMILES string of the molecule is CCC(C)(C(=O)NCc1nc(C)cs1)C(N)=S. The number of thiocarbonyl (C=S) groups is 1. The molecule has 0 radical (unpaired) electrons. The number of nitrogens with one attached hydrogen (secondary N) is 1. The van der Waals surface area contributed by atoms with E-state index in [9.17, 15) is 4.79 Å². The van der Waals surface area contributed by atoms with Crippen LogP contribution < -0.4 is 11.1 Å². The summed E-state index contributed by atoms with van der Waals surface area (Å²) in [5.41, 5.74) is 5.80. The van der Waals surface area contributed by atoms with Gasteiger partial charge in [-0.05, 0) is 20.3 Å². The first-order chi connectivity index (χ1) is 7.90. The van der Waals surface area contributed by atoms with Crippen LogP contribution in [-0.4, -0.2) is 15.9 Å². The lowest BCUT2D eigenvalue weighted by Gasteiger charge is -2.25. The Hall–Kier alpha value is -1.01. The molecule has 17 heavy (non-hydrogen) atoms. The summed E-state index contributed by atoms with van der Waals surface area (Å²) in [7, 11) is 0. The Bertz CT molecular complexity index is 430. The van der Waals surface area contributed by atoms with Crippen LogP contribution in [-0.2, 0) is 11.3 Å². The van der Waals surface area contributed by atoms with Crippen LogP contribution in [0.4, 0.5) is 0 Å². The van der Waals surface area contributed by atoms with Crippen molar-refractivity contribution in [3.05, 3.63) is 16.1 Å². The van der Waals surface area contributed by atoms with Gasteiger partial charge in [-0.1, -0.05) is 19.1 Å². The molecule has 1 atom stereocenters. The summed E-state index contributed by atoms with van der Waals surface area (Å²) in [6.45, 7) is 6.01. The molecule has 1 aromatic rings. The standard InChI is InChI=1S/C11H17N3OS2/c1-4-11(3,9(12)16)10(15)13-5-8-14-7(2)6-17-8/h6H,4-5H2,1-3H3,(H2,12,16)(H,13,15). The van der Waals surface area contributed by atoms with Gasteiger partial charge in [0, 0.05) is 11.1 Å². The van der Waals surface area contributed by atoms with Crippen molar-refractivity contribution in [1.29, 1.82) is 0 Å². The zero-order valence-electron chi connectivity index (χ0n) is 10.2. The van der Waals surface area contributed by atoms with Crippen molar-refractivity contribution >= 4 is 34.5 Å². The number of aromatic nitrogens is 1. The van der Waals surface area contributed by atoms with Gasteiger partial charge >= 0.3 is 0 Å². The van der Waals surface area contributed by atoms with Crippen LogP contribution in [0.25, 0.3) is 0 Å². The number of rotatable bonds is 5. The summed E-state index contributed by atoms with van der Waals surface area (Å²) in [6.07, 6.45) is 0.588. The molecule has 1 unspecified atom stereocenters. The summed E-state index contributed by atoms with van der Waals surface area (Å²) in [5.74, 6) is -0.139. The third-order valence-electron chi connectivity index (χ3n) is 2.82. The van der Waals surface area contributed by atoms with Crippen molar-refractivity contribution in [3.8, 4) is 0 Å². The molecule has 0 aliphatic rings. The van der Waals surface area contributed by atoms with E-state index in [1.54, 1.807) is 6.92 Å². The van der Waals surface area contributed by atoms with Crippen LogP contribution in [0.15, 0.2) is 5.38 Å². The lowest BCUT2D eigenvalue weighted by atomic mass is 9.86. The summed E-state index contributed by atoms with van der Waals surface area (Å²) in [5, 5.41) is 5.67. The Balaban J connectivity index is 2.63. The molecule has 0 fully saturated rings. The van der Waals surface area contributed by atoms with Crippen LogP contribution in [0.1, 0.15) is 31.0 Å². The predicted molar refractivity (Wildman–Crippen MR) is 73.9 cm³/mol. The van der Waals surface area contributed by atoms with Crippen molar-refractivity contribution in [3.63, 3.8) is 0 Å². The maximum absolute atomic E-state index is 12.0. The van der Waals surface area contributed by atoms with Crippen molar-refractivity contribution < 1.29 is 4.79 Å². The number of nitrogens with zero attached hydrogens (tertiary/aromatic N) is 1. The molecule has 0 aliphatic carbocycles. The monoisotopic (exact) mass is 271 g/mol. The van der Waals surface area contributed by atoms with E-state index in [0.29, 0.717) is 13.0 Å². The third-order valence-corrected chi connectivity index (χ3v) is 4.24. The predicted octanol–water partition coefficient (Wildman–Crippen LogP) is 1.77. The number of hydrogen-bond donors (Lipinski definition) is 2. The van der Waals surface area contributed by atoms with Crippen molar-refractivity contribution in [1.82, 2.24) is 10.3 Å². The summed E-state index contributed by atoms with van der Waals surface area (Å²) in [6, 6.07) is 0. The number of amides is 1. The molecule has 0 saturated heterocycles. The third kappa shape index (κ3) is 3.23. The fourth-order valence-electron chi connectivity index (χ4n) is 1.28. The minimum Gasteiger partial charge on any atom is -0.392 e. The van der Waals surface area contributed by atoms with Gasteiger partial charge < -0.3 is 11.1 Å². The van der Waals surface area contributed by atoms with Crippen LogP contribution >= 0.6 is 23.6 Å². The largest absolute Gasteiger partial charge is 0.392 e. The highest BCUT2D eigenvalue weighted by molar-refractivity contribution is 7.80. The van der Waals surface area contributed by atoms with Crippen molar-refractivity contribution in [2.24, 2.45) is 11.1 Å². The number of nitrogens with two attached hydrogens (primary N) is 1. The maximum Gasteiger partial charge on any atom is 0.233 e. The Labute approximate surface area is 111 Å². The first-order valence-electron chi connectivity index (χ1n) is 5.39. The number of thiazole rings is 1. The quantitative estimate of drug-likeness (QED) is 0.801. The van der Waals surface area contributed by atoms with Gasteiger partial charge in [0.15, 0.2) is 0 Å². The molecule has 1 heterocycles. The van der Waals surface area contributed by atoms with Crippen LogP contribution in [0.2, 0.25) is 0 Å². The van der Waals surface area contributed by atoms with Gasteiger partial charge in [-0.25, -0.2) is 4.98 Å². The number of aryl methyl sites for hydroxylation is 1. The molecule has 1 amide bonds. The Morgan fingerprint density at radius 2 is 2.35 bits per heavy atom. The van der Waals surface area contributed by atoms with Gasteiger partial charge in [0.2, 0.25) is 5.91 Å². The van der Waals surface area contributed by atoms with Crippen molar-refractivity contribution in [2.75, 3.05) is 0 Å². The maximum atomic E-state index is 12.0. The zero-order chi connectivity index (χ0) is 13.1. The van der Waals surface area contributed by atoms with Gasteiger partial charge in [0.05, 0.1) is 16.9 Å². The lowest BCUT2D eigenvalue weighted by Crippen LogP contribution is -2.46. The number of hydrogen-bond acceptors (Lipinski definition) is 4. The van der Waals surface area contributed by atoms with E-state index in [1.165, 1.54) is 11.3 Å². The van der Waals surface area contributed by atoms with Gasteiger partial charge in [-0.3, -0.25) is 4.79 Å². The van der Waals surface area contributed by atoms with Crippen LogP contribution in [0.5, 0.6) is 0 Å². The molecule has 0 bridgehead atoms. The molecule has 6 heteroatoms. The van der Waals surface area contributed by atoms with Gasteiger partial charge in [-0.15, -0.1) is 11.3 Å². The molecule has 94 valence electrons. The van der Waals surface area contributed by atoms with E-state index in [0.717, 1.165) is 10.7 Å². The second kappa shape index (κ2) is 5.55. The second-order valence-electron chi connectivity index (χ2n) is 4.12. The molecule has 0 aliphatic heterocycles. The Morgan fingerprint density at radius 1 is 1.71 bits per heavy atom. The van der Waals surface area contributed by atoms with Crippen molar-refractivity contribution in [2.45, 2.75) is 33.7 Å². The topological polar surface area (TPSA) is 68.0 Å². The van der Waals surface area contributed by atoms with Gasteiger partial charge in [-0.2, -0.15) is 0 Å². The van der Waals surface area contributed by atoms with Gasteiger partial charge in [0.1, 0.15) is 5.01 Å². The molecule has 0 spiro atoms. The summed E-state index contributed by atoms with van der Waals surface area (Å²) >= 11 is 6.47. The Kier molecular flexibility index (Phi) is 4.59. The smallest absolute Gasteiger partial charge is 0.233 e. The molecule has 0 saturated carbocycles. The van der Waals surface area contributed by atoms with E-state index < -0.39 is 5.41 Å². The minimum absolute atomic E-state index is 0.139. The normalized spacial score (nSPS) is 14.1. The summed E-state index contributed by atoms with van der Waals surface area (Å²) in [4.78, 5) is 16.5. The fourth-order valence-corrected chi connectivity index (χ4v) is 2.23. The Morgan fingerprint density at radius 3 is 2.76 bits per heavy atom. The first kappa shape index (κ1) is 14.1. The zero-order valence-corrected chi connectivity index (χ0v) is 11.9. The molecular formula is C11H17N3OS2. The highest BCUT2D eigenvalue weighted by Gasteiger charge is 2.34. The van der Waals surface area contributed by atoms with E-state index in [-0.39, 0.29) is 10.9 Å². The van der Waals surface area contributed by atoms with E-state index in [1.807, 2.05) is 19.2 Å². The highest BCUT2D eigenvalue weighted by Crippen LogP contribution is 2.22. The van der Waals surface area contributed by atoms with Crippen LogP contribution in [0.3, 0.4) is 0 Å². The fraction of sp³-hybridized carbons (Fsp3) is 0.545. The van der Waals surface area contributed by atoms with E-state index in [2.05, 4.69) is 10.3 Å². The number of carbonyl (C=O) groups is 1. The lowest BCUT2D eigenvalue weighted by molar-refractivity contribution is -0.127. The molecule has 3 N–H and O–H groups in total. The second-order valence-corrected chi connectivity index (χ2v) is 5.50. The van der Waals surface area contributed by atoms with Gasteiger partial charge in [0.25, 0.3) is 0 Å². The van der Waals surface area contributed by atoms with E-state index in [4.69, 9.17) is 18.0 Å². The van der Waals surface area contributed by atoms with E-state index >= 15 is 0 Å². The minimum atomic E-state index is -0.776. The molecular weight excluding hydrogens is 254 g/mol. The average molecular weight is 271 g/mol. The highest BCUT2D eigenvalue weighted by atomic mass is 32.1. The average Bonchev–Trinajstić information content (AvgIpc) is 2.70. The van der Waals surface area contributed by atoms with Crippen LogP contribution in [0, 0.1) is 12.3 Å². The summed E-state index contributed by atoms with van der Waals surface area (Å²) < 4.78 is 0. The molecule has 1 aromatic heterocycles.